The quantitative estimate of drug-likeness (QED) is 0.301. The molecule has 0 aromatic rings. The highest BCUT2D eigenvalue weighted by molar-refractivity contribution is 5.94. The highest BCUT2D eigenvalue weighted by atomic mass is 16.4. The molecule has 0 spiro atoms. The normalized spacial score (nSPS) is 34.5. The molecule has 0 aromatic heterocycles. The molecule has 146 valence electrons. The molecule has 0 saturated heterocycles. The van der Waals surface area contributed by atoms with E-state index in [1.165, 1.54) is 6.92 Å². The van der Waals surface area contributed by atoms with Gasteiger partial charge in [0.15, 0.2) is 0 Å². The van der Waals surface area contributed by atoms with Crippen LogP contribution in [0.3, 0.4) is 0 Å². The minimum atomic E-state index is -1.87. The molecular formula is C16H25N3O7. The van der Waals surface area contributed by atoms with Crippen molar-refractivity contribution < 1.29 is 34.5 Å². The van der Waals surface area contributed by atoms with Crippen molar-refractivity contribution in [1.82, 2.24) is 10.6 Å². The number of nitrogens with one attached hydrogen (secondary N) is 2. The molecule has 7 N–H and O–H groups in total. The zero-order valence-electron chi connectivity index (χ0n) is 14.8. The topological polar surface area (TPSA) is 179 Å². The highest BCUT2D eigenvalue weighted by Crippen LogP contribution is 2.62. The number of carboxylic acid groups (broad SMARTS) is 2. The summed E-state index contributed by atoms with van der Waals surface area (Å²) >= 11 is 0. The third-order valence-electron chi connectivity index (χ3n) is 5.41. The molecule has 0 heterocycles. The highest BCUT2D eigenvalue weighted by Gasteiger charge is 2.75. The molecule has 0 radical (unpaired) electrons. The summed E-state index contributed by atoms with van der Waals surface area (Å²) < 4.78 is 0. The number of carbonyl (C=O) groups is 4. The average molecular weight is 371 g/mol. The minimum Gasteiger partial charge on any atom is -0.481 e. The van der Waals surface area contributed by atoms with E-state index in [4.69, 9.17) is 5.73 Å². The largest absolute Gasteiger partial charge is 0.481 e. The molecule has 7 atom stereocenters. The van der Waals surface area contributed by atoms with Gasteiger partial charge in [-0.25, -0.2) is 4.79 Å². The van der Waals surface area contributed by atoms with Gasteiger partial charge in [-0.2, -0.15) is 0 Å². The van der Waals surface area contributed by atoms with E-state index in [1.807, 2.05) is 0 Å². The first-order valence-electron chi connectivity index (χ1n) is 8.46. The first-order valence-corrected chi connectivity index (χ1v) is 8.46. The lowest BCUT2D eigenvalue weighted by molar-refractivity contribution is -0.151. The van der Waals surface area contributed by atoms with Crippen molar-refractivity contribution in [3.63, 3.8) is 0 Å². The van der Waals surface area contributed by atoms with Crippen LogP contribution in [0.25, 0.3) is 0 Å². The second-order valence-electron chi connectivity index (χ2n) is 7.50. The first-order chi connectivity index (χ1) is 11.9. The predicted molar refractivity (Wildman–Crippen MR) is 87.7 cm³/mol. The van der Waals surface area contributed by atoms with E-state index in [0.29, 0.717) is 0 Å². The maximum Gasteiger partial charge on any atom is 0.329 e. The molecule has 2 aliphatic carbocycles. The smallest absolute Gasteiger partial charge is 0.329 e. The van der Waals surface area contributed by atoms with Crippen LogP contribution in [0, 0.1) is 23.7 Å². The summed E-state index contributed by atoms with van der Waals surface area (Å²) in [6, 6.07) is -1.89. The standard InChI is InChI=1S/C16H25N3O7/c1-5(2)11(17)13(22)18-6(3)12(21)19-16(15(25)26)4-7(20)8-9(10(8)16)14(23)24/h5-11,20H,4,17H2,1-3H3,(H,18,22)(H,19,21)(H,23,24)(H,25,26)/t6-,7-,8-,9-,10-,11?,16-/m0/s1. The summed E-state index contributed by atoms with van der Waals surface area (Å²) in [6.07, 6.45) is -1.41. The van der Waals surface area contributed by atoms with E-state index < -0.39 is 65.2 Å². The molecule has 10 heteroatoms. The number of nitrogens with two attached hydrogens (primary N) is 1. The summed E-state index contributed by atoms with van der Waals surface area (Å²) in [5, 5.41) is 33.6. The average Bonchev–Trinajstić information content (AvgIpc) is 3.22. The van der Waals surface area contributed by atoms with Gasteiger partial charge >= 0.3 is 11.9 Å². The Morgan fingerprint density at radius 1 is 1.12 bits per heavy atom. The number of aliphatic carboxylic acids is 2. The third kappa shape index (κ3) is 3.26. The number of aliphatic hydroxyl groups is 1. The molecular weight excluding hydrogens is 346 g/mol. The first kappa shape index (κ1) is 20.1. The Labute approximate surface area is 150 Å². The van der Waals surface area contributed by atoms with Crippen molar-refractivity contribution in [1.29, 1.82) is 0 Å². The number of fused-ring (bicyclic) bond motifs is 1. The molecule has 2 aliphatic rings. The van der Waals surface area contributed by atoms with E-state index in [2.05, 4.69) is 10.6 Å². The summed E-state index contributed by atoms with van der Waals surface area (Å²) in [5.41, 5.74) is 3.84. The monoisotopic (exact) mass is 371 g/mol. The number of aliphatic hydroxyl groups excluding tert-OH is 1. The van der Waals surface area contributed by atoms with Crippen molar-refractivity contribution in [2.75, 3.05) is 0 Å². The number of amides is 2. The molecule has 0 bridgehead atoms. The number of carboxylic acids is 2. The maximum absolute atomic E-state index is 12.4. The lowest BCUT2D eigenvalue weighted by atomic mass is 9.89. The number of carbonyl (C=O) groups excluding carboxylic acids is 2. The van der Waals surface area contributed by atoms with Gasteiger partial charge in [0.2, 0.25) is 11.8 Å². The number of hydrogen-bond acceptors (Lipinski definition) is 6. The van der Waals surface area contributed by atoms with Gasteiger partial charge in [0.05, 0.1) is 18.1 Å². The van der Waals surface area contributed by atoms with Crippen molar-refractivity contribution in [3.05, 3.63) is 0 Å². The molecule has 2 rings (SSSR count). The van der Waals surface area contributed by atoms with Gasteiger partial charge in [-0.05, 0) is 12.8 Å². The van der Waals surface area contributed by atoms with Gasteiger partial charge in [-0.3, -0.25) is 14.4 Å². The second kappa shape index (κ2) is 6.84. The van der Waals surface area contributed by atoms with Gasteiger partial charge in [0, 0.05) is 18.3 Å². The maximum atomic E-state index is 12.4. The van der Waals surface area contributed by atoms with E-state index in [9.17, 15) is 34.5 Å². The molecule has 10 nitrogen and oxygen atoms in total. The summed E-state index contributed by atoms with van der Waals surface area (Å²) in [6.45, 7) is 4.86. The van der Waals surface area contributed by atoms with Gasteiger partial charge in [-0.15, -0.1) is 0 Å². The second-order valence-corrected chi connectivity index (χ2v) is 7.50. The Hall–Kier alpha value is -2.20. The lowest BCUT2D eigenvalue weighted by Crippen LogP contribution is -2.61. The predicted octanol–water partition coefficient (Wildman–Crippen LogP) is -1.87. The Bertz CT molecular complexity index is 637. The van der Waals surface area contributed by atoms with Crippen molar-refractivity contribution in [2.45, 2.75) is 50.9 Å². The Morgan fingerprint density at radius 2 is 1.69 bits per heavy atom. The Balaban J connectivity index is 2.11. The minimum absolute atomic E-state index is 0.149. The SMILES string of the molecule is CC(C)C(N)C(=O)N[C@@H](C)C(=O)N[C@@]1(C(=O)O)C[C@H](O)[C@H]2[C@H](C(=O)O)[C@H]21. The van der Waals surface area contributed by atoms with E-state index in [0.717, 1.165) is 0 Å². The molecule has 2 saturated carbocycles. The van der Waals surface area contributed by atoms with Crippen LogP contribution in [-0.2, 0) is 19.2 Å². The Morgan fingerprint density at radius 3 is 2.12 bits per heavy atom. The van der Waals surface area contributed by atoms with Crippen LogP contribution in [0.4, 0.5) is 0 Å². The summed E-state index contributed by atoms with van der Waals surface area (Å²) in [5.74, 6) is -6.70. The number of hydrogen-bond donors (Lipinski definition) is 6. The zero-order valence-corrected chi connectivity index (χ0v) is 14.8. The Kier molecular flexibility index (Phi) is 5.29. The van der Waals surface area contributed by atoms with Crippen LogP contribution < -0.4 is 16.4 Å². The summed E-state index contributed by atoms with van der Waals surface area (Å²) in [4.78, 5) is 47.5. The van der Waals surface area contributed by atoms with Crippen LogP contribution in [0.5, 0.6) is 0 Å². The van der Waals surface area contributed by atoms with Gasteiger partial charge in [0.25, 0.3) is 0 Å². The molecule has 26 heavy (non-hydrogen) atoms. The van der Waals surface area contributed by atoms with Crippen LogP contribution in [-0.4, -0.2) is 62.8 Å². The molecule has 2 amide bonds. The fraction of sp³-hybridized carbons (Fsp3) is 0.750. The van der Waals surface area contributed by atoms with Crippen molar-refractivity contribution >= 4 is 23.8 Å². The molecule has 0 aliphatic heterocycles. The summed E-state index contributed by atoms with van der Waals surface area (Å²) in [7, 11) is 0. The van der Waals surface area contributed by atoms with Crippen LogP contribution >= 0.6 is 0 Å². The van der Waals surface area contributed by atoms with Crippen molar-refractivity contribution in [2.24, 2.45) is 29.4 Å². The van der Waals surface area contributed by atoms with E-state index in [1.54, 1.807) is 13.8 Å². The zero-order chi connectivity index (χ0) is 20.0. The molecule has 1 unspecified atom stereocenters. The van der Waals surface area contributed by atoms with Crippen molar-refractivity contribution in [3.8, 4) is 0 Å². The van der Waals surface area contributed by atoms with Gasteiger partial charge in [0.1, 0.15) is 11.6 Å². The molecule has 2 fully saturated rings. The van der Waals surface area contributed by atoms with Crippen LogP contribution in [0.15, 0.2) is 0 Å². The van der Waals surface area contributed by atoms with Gasteiger partial charge in [-0.1, -0.05) is 13.8 Å². The van der Waals surface area contributed by atoms with E-state index in [-0.39, 0.29) is 12.3 Å². The van der Waals surface area contributed by atoms with Crippen LogP contribution in [0.1, 0.15) is 27.2 Å². The van der Waals surface area contributed by atoms with E-state index >= 15 is 0 Å². The van der Waals surface area contributed by atoms with Crippen LogP contribution in [0.2, 0.25) is 0 Å². The fourth-order valence-corrected chi connectivity index (χ4v) is 3.79. The lowest BCUT2D eigenvalue weighted by Gasteiger charge is -2.31. The molecule has 0 aromatic carbocycles. The van der Waals surface area contributed by atoms with Gasteiger partial charge < -0.3 is 31.7 Å². The third-order valence-corrected chi connectivity index (χ3v) is 5.41. The fourth-order valence-electron chi connectivity index (χ4n) is 3.79. The number of rotatable bonds is 7.